The molecule has 0 bridgehead atoms. The molecule has 4 aromatic rings. The van der Waals surface area contributed by atoms with Crippen molar-refractivity contribution in [1.29, 1.82) is 0 Å². The van der Waals surface area contributed by atoms with E-state index in [9.17, 15) is 4.79 Å². The highest BCUT2D eigenvalue weighted by molar-refractivity contribution is 5.95. The van der Waals surface area contributed by atoms with E-state index in [1.807, 2.05) is 53.6 Å². The number of ether oxygens (including phenoxy) is 2. The fourth-order valence-electron chi connectivity index (χ4n) is 4.45. The lowest BCUT2D eigenvalue weighted by Crippen LogP contribution is -2.48. The molecule has 178 valence electrons. The Balaban J connectivity index is 1.45. The van der Waals surface area contributed by atoms with Crippen molar-refractivity contribution in [2.75, 3.05) is 45.3 Å². The number of aromatic nitrogens is 3. The number of carbonyl (C=O) groups is 1. The number of amides is 1. The minimum absolute atomic E-state index is 0.121. The number of benzene rings is 2. The summed E-state index contributed by atoms with van der Waals surface area (Å²) in [6.07, 6.45) is 3.44. The molecule has 2 aromatic carbocycles. The smallest absolute Gasteiger partial charge is 0.219 e. The van der Waals surface area contributed by atoms with E-state index in [1.165, 1.54) is 0 Å². The first-order valence-corrected chi connectivity index (χ1v) is 11.5. The lowest BCUT2D eigenvalue weighted by atomic mass is 10.0. The quantitative estimate of drug-likeness (QED) is 0.436. The van der Waals surface area contributed by atoms with Crippen LogP contribution in [0.4, 0.5) is 5.82 Å². The summed E-state index contributed by atoms with van der Waals surface area (Å²) in [4.78, 5) is 29.4. The SMILES string of the molecule is COc1ccc(-c2ccc3ncnc(-c4ccc(N5CCN(C(C)=O)CC5)nc4)c3c2)cc1OC. The Kier molecular flexibility index (Phi) is 6.18. The second-order valence-corrected chi connectivity index (χ2v) is 8.42. The molecule has 1 aliphatic heterocycles. The molecule has 5 rings (SSSR count). The van der Waals surface area contributed by atoms with Gasteiger partial charge in [-0.25, -0.2) is 15.0 Å². The normalized spacial score (nSPS) is 13.7. The molecule has 0 saturated carbocycles. The van der Waals surface area contributed by atoms with Crippen LogP contribution in [0.5, 0.6) is 11.5 Å². The standard InChI is InChI=1S/C27H27N5O3/c1-18(33)31-10-12-32(13-11-31)26-9-6-21(16-28-26)27-22-14-19(4-7-23(22)29-17-30-27)20-5-8-24(34-2)25(15-20)35-3/h4-9,14-17H,10-13H2,1-3H3. The molecule has 0 N–H and O–H groups in total. The maximum absolute atomic E-state index is 11.6. The summed E-state index contributed by atoms with van der Waals surface area (Å²) in [5, 5.41) is 0.949. The van der Waals surface area contributed by atoms with E-state index >= 15 is 0 Å². The van der Waals surface area contributed by atoms with Crippen LogP contribution in [0, 0.1) is 0 Å². The van der Waals surface area contributed by atoms with Gasteiger partial charge in [-0.2, -0.15) is 0 Å². The van der Waals surface area contributed by atoms with Crippen LogP contribution in [-0.4, -0.2) is 66.2 Å². The van der Waals surface area contributed by atoms with Crippen molar-refractivity contribution in [3.63, 3.8) is 0 Å². The number of nitrogens with zero attached hydrogens (tertiary/aromatic N) is 5. The van der Waals surface area contributed by atoms with Crippen LogP contribution in [0.15, 0.2) is 61.1 Å². The van der Waals surface area contributed by atoms with Crippen molar-refractivity contribution in [1.82, 2.24) is 19.9 Å². The van der Waals surface area contributed by atoms with Gasteiger partial charge in [-0.05, 0) is 47.5 Å². The van der Waals surface area contributed by atoms with Crippen LogP contribution in [0.3, 0.4) is 0 Å². The maximum Gasteiger partial charge on any atom is 0.219 e. The Morgan fingerprint density at radius 1 is 0.800 bits per heavy atom. The monoisotopic (exact) mass is 469 g/mol. The number of pyridine rings is 1. The van der Waals surface area contributed by atoms with Gasteiger partial charge in [0.25, 0.3) is 0 Å². The summed E-state index contributed by atoms with van der Waals surface area (Å²) in [6.45, 7) is 4.60. The molecule has 0 atom stereocenters. The fraction of sp³-hybridized carbons (Fsp3) is 0.259. The van der Waals surface area contributed by atoms with Gasteiger partial charge in [0, 0.05) is 50.2 Å². The van der Waals surface area contributed by atoms with Gasteiger partial charge in [0.15, 0.2) is 11.5 Å². The summed E-state index contributed by atoms with van der Waals surface area (Å²) >= 11 is 0. The zero-order valence-electron chi connectivity index (χ0n) is 20.1. The number of carbonyl (C=O) groups excluding carboxylic acids is 1. The average Bonchev–Trinajstić information content (AvgIpc) is 2.92. The highest BCUT2D eigenvalue weighted by Crippen LogP contribution is 2.35. The van der Waals surface area contributed by atoms with E-state index < -0.39 is 0 Å². The van der Waals surface area contributed by atoms with Gasteiger partial charge in [-0.15, -0.1) is 0 Å². The molecule has 1 amide bonds. The molecule has 0 radical (unpaired) electrons. The number of hydrogen-bond acceptors (Lipinski definition) is 7. The zero-order valence-corrected chi connectivity index (χ0v) is 20.1. The Bertz CT molecular complexity index is 1370. The van der Waals surface area contributed by atoms with Crippen molar-refractivity contribution in [2.45, 2.75) is 6.92 Å². The lowest BCUT2D eigenvalue weighted by molar-refractivity contribution is -0.129. The summed E-state index contributed by atoms with van der Waals surface area (Å²) < 4.78 is 10.8. The van der Waals surface area contributed by atoms with Crippen LogP contribution in [0.2, 0.25) is 0 Å². The van der Waals surface area contributed by atoms with E-state index in [0.717, 1.165) is 52.2 Å². The van der Waals surface area contributed by atoms with Crippen LogP contribution >= 0.6 is 0 Å². The Labute approximate surface area is 204 Å². The second-order valence-electron chi connectivity index (χ2n) is 8.42. The van der Waals surface area contributed by atoms with Gasteiger partial charge in [-0.1, -0.05) is 12.1 Å². The summed E-state index contributed by atoms with van der Waals surface area (Å²) in [5.74, 6) is 2.39. The van der Waals surface area contributed by atoms with Crippen LogP contribution in [0.1, 0.15) is 6.92 Å². The van der Waals surface area contributed by atoms with E-state index in [-0.39, 0.29) is 5.91 Å². The molecule has 2 aromatic heterocycles. The molecular weight excluding hydrogens is 442 g/mol. The summed E-state index contributed by atoms with van der Waals surface area (Å²) in [6, 6.07) is 16.1. The molecule has 8 heteroatoms. The molecule has 0 spiro atoms. The first-order chi connectivity index (χ1) is 17.1. The van der Waals surface area contributed by atoms with Crippen LogP contribution in [-0.2, 0) is 4.79 Å². The molecule has 3 heterocycles. The number of hydrogen-bond donors (Lipinski definition) is 0. The molecule has 8 nitrogen and oxygen atoms in total. The highest BCUT2D eigenvalue weighted by atomic mass is 16.5. The third-order valence-corrected chi connectivity index (χ3v) is 6.42. The van der Waals surface area contributed by atoms with E-state index in [4.69, 9.17) is 14.5 Å². The summed E-state index contributed by atoms with van der Waals surface area (Å²) in [7, 11) is 3.26. The molecule has 1 fully saturated rings. The van der Waals surface area contributed by atoms with Gasteiger partial charge in [0.2, 0.25) is 5.91 Å². The highest BCUT2D eigenvalue weighted by Gasteiger charge is 2.20. The first-order valence-electron chi connectivity index (χ1n) is 11.5. The number of rotatable bonds is 5. The number of piperazine rings is 1. The molecule has 0 aliphatic carbocycles. The van der Waals surface area contributed by atoms with Crippen LogP contribution < -0.4 is 14.4 Å². The molecule has 1 aliphatic rings. The molecular formula is C27H27N5O3. The largest absolute Gasteiger partial charge is 0.493 e. The van der Waals surface area contributed by atoms with Crippen molar-refractivity contribution >= 4 is 22.6 Å². The van der Waals surface area contributed by atoms with E-state index in [2.05, 4.69) is 20.9 Å². The van der Waals surface area contributed by atoms with Crippen molar-refractivity contribution in [2.24, 2.45) is 0 Å². The molecule has 1 saturated heterocycles. The van der Waals surface area contributed by atoms with Crippen molar-refractivity contribution in [3.05, 3.63) is 61.1 Å². The topological polar surface area (TPSA) is 80.7 Å². The van der Waals surface area contributed by atoms with E-state index in [1.54, 1.807) is 27.5 Å². The van der Waals surface area contributed by atoms with Crippen molar-refractivity contribution in [3.8, 4) is 33.9 Å². The zero-order chi connectivity index (χ0) is 24.4. The van der Waals surface area contributed by atoms with Gasteiger partial charge in [0.1, 0.15) is 12.1 Å². The third kappa shape index (κ3) is 4.47. The van der Waals surface area contributed by atoms with Gasteiger partial charge in [-0.3, -0.25) is 4.79 Å². The summed E-state index contributed by atoms with van der Waals surface area (Å²) in [5.41, 5.74) is 4.66. The van der Waals surface area contributed by atoms with E-state index in [0.29, 0.717) is 24.6 Å². The Hall–Kier alpha value is -4.20. The van der Waals surface area contributed by atoms with Crippen LogP contribution in [0.25, 0.3) is 33.3 Å². The Morgan fingerprint density at radius 2 is 1.51 bits per heavy atom. The molecule has 0 unspecified atom stereocenters. The third-order valence-electron chi connectivity index (χ3n) is 6.42. The average molecular weight is 470 g/mol. The lowest BCUT2D eigenvalue weighted by Gasteiger charge is -2.34. The minimum Gasteiger partial charge on any atom is -0.493 e. The predicted octanol–water partition coefficient (Wildman–Crippen LogP) is 4.04. The Morgan fingerprint density at radius 3 is 2.20 bits per heavy atom. The second kappa shape index (κ2) is 9.58. The predicted molar refractivity (Wildman–Crippen MR) is 136 cm³/mol. The minimum atomic E-state index is 0.121. The number of fused-ring (bicyclic) bond motifs is 1. The number of anilines is 1. The van der Waals surface area contributed by atoms with Gasteiger partial charge >= 0.3 is 0 Å². The first kappa shape index (κ1) is 22.6. The maximum atomic E-state index is 11.6. The number of methoxy groups -OCH3 is 2. The van der Waals surface area contributed by atoms with Gasteiger partial charge in [0.05, 0.1) is 25.4 Å². The van der Waals surface area contributed by atoms with Crippen molar-refractivity contribution < 1.29 is 14.3 Å². The van der Waals surface area contributed by atoms with Gasteiger partial charge < -0.3 is 19.3 Å². The molecule has 35 heavy (non-hydrogen) atoms. The fourth-order valence-corrected chi connectivity index (χ4v) is 4.45.